The minimum absolute atomic E-state index is 0.0267. The van der Waals surface area contributed by atoms with Gasteiger partial charge in [-0.3, -0.25) is 4.79 Å². The van der Waals surface area contributed by atoms with Crippen LogP contribution in [-0.4, -0.2) is 30.1 Å². The second-order valence-corrected chi connectivity index (χ2v) is 7.72. The molecule has 0 bridgehead atoms. The third kappa shape index (κ3) is 2.83. The van der Waals surface area contributed by atoms with Gasteiger partial charge in [0, 0.05) is 10.6 Å². The van der Waals surface area contributed by atoms with E-state index in [4.69, 9.17) is 21.1 Å². The van der Waals surface area contributed by atoms with E-state index in [0.29, 0.717) is 24.8 Å². The third-order valence-corrected chi connectivity index (χ3v) is 5.93. The second kappa shape index (κ2) is 7.21. The van der Waals surface area contributed by atoms with Crippen molar-refractivity contribution in [2.24, 2.45) is 0 Å². The Morgan fingerprint density at radius 3 is 2.52 bits per heavy atom. The van der Waals surface area contributed by atoms with Crippen molar-refractivity contribution in [2.75, 3.05) is 13.2 Å². The predicted molar refractivity (Wildman–Crippen MR) is 111 cm³/mol. The molecule has 0 aromatic heterocycles. The van der Waals surface area contributed by atoms with Crippen LogP contribution in [0.1, 0.15) is 16.7 Å². The van der Waals surface area contributed by atoms with Gasteiger partial charge in [-0.05, 0) is 29.3 Å². The van der Waals surface area contributed by atoms with Gasteiger partial charge in [0.1, 0.15) is 17.9 Å². The normalized spacial score (nSPS) is 22.7. The van der Waals surface area contributed by atoms with Gasteiger partial charge in [0.05, 0.1) is 13.2 Å². The van der Waals surface area contributed by atoms with E-state index in [0.717, 1.165) is 22.4 Å². The van der Waals surface area contributed by atoms with Crippen molar-refractivity contribution in [1.29, 1.82) is 0 Å². The number of rotatable bonds is 4. The number of halogens is 1. The van der Waals surface area contributed by atoms with E-state index in [1.54, 1.807) is 0 Å². The van der Waals surface area contributed by atoms with Crippen molar-refractivity contribution in [1.82, 2.24) is 4.90 Å². The lowest BCUT2D eigenvalue weighted by atomic mass is 9.69. The fourth-order valence-corrected chi connectivity index (χ4v) is 4.59. The van der Waals surface area contributed by atoms with Gasteiger partial charge in [-0.25, -0.2) is 0 Å². The molecule has 1 saturated heterocycles. The zero-order valence-corrected chi connectivity index (χ0v) is 16.5. The van der Waals surface area contributed by atoms with Gasteiger partial charge >= 0.3 is 0 Å². The highest BCUT2D eigenvalue weighted by Crippen LogP contribution is 2.53. The van der Waals surface area contributed by atoms with Crippen LogP contribution in [-0.2, 0) is 21.7 Å². The fourth-order valence-electron chi connectivity index (χ4n) is 4.42. The number of nitrogens with zero attached hydrogens (tertiary/aromatic N) is 1. The Labute approximate surface area is 174 Å². The summed E-state index contributed by atoms with van der Waals surface area (Å²) in [5.41, 5.74) is 2.13. The minimum Gasteiger partial charge on any atom is -0.491 e. The van der Waals surface area contributed by atoms with Crippen molar-refractivity contribution in [2.45, 2.75) is 18.2 Å². The number of ether oxygens (including phenoxy) is 2. The number of hydrogen-bond donors (Lipinski definition) is 0. The van der Waals surface area contributed by atoms with Crippen molar-refractivity contribution in [3.8, 4) is 5.75 Å². The van der Waals surface area contributed by atoms with Crippen molar-refractivity contribution < 1.29 is 14.3 Å². The molecule has 4 nitrogen and oxygen atoms in total. The number of amides is 1. The molecule has 146 valence electrons. The fraction of sp³-hybridized carbons (Fsp3) is 0.208. The average Bonchev–Trinajstić information content (AvgIpc) is 2.90. The predicted octanol–water partition coefficient (Wildman–Crippen LogP) is 4.40. The van der Waals surface area contributed by atoms with Crippen LogP contribution < -0.4 is 4.74 Å². The molecular formula is C24H20ClNO3. The van der Waals surface area contributed by atoms with Gasteiger partial charge in [0.25, 0.3) is 5.91 Å². The highest BCUT2D eigenvalue weighted by molar-refractivity contribution is 6.30. The summed E-state index contributed by atoms with van der Waals surface area (Å²) < 4.78 is 12.2. The Hall–Kier alpha value is -2.82. The topological polar surface area (TPSA) is 38.8 Å². The monoisotopic (exact) mass is 405 g/mol. The molecule has 2 aliphatic rings. The lowest BCUT2D eigenvalue weighted by Gasteiger charge is -2.56. The Balaban J connectivity index is 1.64. The van der Waals surface area contributed by atoms with Crippen LogP contribution in [0.5, 0.6) is 5.75 Å². The van der Waals surface area contributed by atoms with Crippen molar-refractivity contribution in [3.05, 3.63) is 101 Å². The zero-order chi connectivity index (χ0) is 19.8. The van der Waals surface area contributed by atoms with Crippen LogP contribution in [0.4, 0.5) is 0 Å². The molecule has 29 heavy (non-hydrogen) atoms. The van der Waals surface area contributed by atoms with Crippen molar-refractivity contribution in [3.63, 3.8) is 0 Å². The number of β-lactam (4-membered cyclic amide) rings is 1. The van der Waals surface area contributed by atoms with Crippen molar-refractivity contribution >= 4 is 17.5 Å². The maximum absolute atomic E-state index is 13.2. The molecule has 5 rings (SSSR count). The summed E-state index contributed by atoms with van der Waals surface area (Å²) in [5.74, 6) is 0.711. The van der Waals surface area contributed by atoms with Crippen LogP contribution in [0.15, 0.2) is 78.9 Å². The number of benzene rings is 3. The van der Waals surface area contributed by atoms with Gasteiger partial charge < -0.3 is 14.4 Å². The van der Waals surface area contributed by atoms with Crippen LogP contribution in [0.3, 0.4) is 0 Å². The summed E-state index contributed by atoms with van der Waals surface area (Å²) in [6.07, 6.45) is -0.649. The van der Waals surface area contributed by atoms with Crippen LogP contribution in [0.25, 0.3) is 0 Å². The van der Waals surface area contributed by atoms with Crippen LogP contribution in [0, 0.1) is 0 Å². The Kier molecular flexibility index (Phi) is 4.53. The highest BCUT2D eigenvalue weighted by Gasteiger charge is 2.64. The number of carbonyl (C=O) groups excluding carboxylic acids is 1. The molecule has 2 aliphatic heterocycles. The summed E-state index contributed by atoms with van der Waals surface area (Å²) in [7, 11) is 0. The first-order valence-electron chi connectivity index (χ1n) is 9.66. The standard InChI is InChI=1S/C24H20ClNO3/c25-19-11-12-21-20(15-19)24(18-9-5-2-6-10-18)22(23(27)26(24)13-14-28-21)29-16-17-7-3-1-4-8-17/h1-12,15,22H,13-14,16H2. The van der Waals surface area contributed by atoms with E-state index >= 15 is 0 Å². The molecule has 5 heteroatoms. The molecule has 3 aromatic rings. The summed E-state index contributed by atoms with van der Waals surface area (Å²) in [5, 5.41) is 0.602. The Morgan fingerprint density at radius 1 is 1.03 bits per heavy atom. The van der Waals surface area contributed by atoms with E-state index in [9.17, 15) is 4.79 Å². The molecule has 2 unspecified atom stereocenters. The number of carbonyl (C=O) groups is 1. The molecule has 2 heterocycles. The third-order valence-electron chi connectivity index (χ3n) is 5.69. The lowest BCUT2D eigenvalue weighted by molar-refractivity contribution is -0.191. The summed E-state index contributed by atoms with van der Waals surface area (Å²) in [4.78, 5) is 15.0. The van der Waals surface area contributed by atoms with E-state index in [-0.39, 0.29) is 5.91 Å². The summed E-state index contributed by atoms with van der Waals surface area (Å²) >= 11 is 6.37. The first-order chi connectivity index (χ1) is 14.2. The van der Waals surface area contributed by atoms with Crippen LogP contribution in [0.2, 0.25) is 5.02 Å². The number of hydrogen-bond acceptors (Lipinski definition) is 3. The van der Waals surface area contributed by atoms with E-state index in [1.165, 1.54) is 0 Å². The molecule has 0 spiro atoms. The summed E-state index contributed by atoms with van der Waals surface area (Å²) in [6, 6.07) is 25.5. The molecule has 0 radical (unpaired) electrons. The maximum atomic E-state index is 13.2. The van der Waals surface area contributed by atoms with Crippen LogP contribution >= 0.6 is 11.6 Å². The average molecular weight is 406 g/mol. The Morgan fingerprint density at radius 2 is 1.76 bits per heavy atom. The first kappa shape index (κ1) is 18.2. The molecule has 3 aromatic carbocycles. The molecule has 0 saturated carbocycles. The smallest absolute Gasteiger partial charge is 0.256 e. The van der Waals surface area contributed by atoms with Gasteiger partial charge in [0.2, 0.25) is 0 Å². The molecule has 0 N–H and O–H groups in total. The Bertz CT molecular complexity index is 1040. The molecule has 1 fully saturated rings. The van der Waals surface area contributed by atoms with Gasteiger partial charge in [-0.15, -0.1) is 0 Å². The van der Waals surface area contributed by atoms with Gasteiger partial charge in [0.15, 0.2) is 6.10 Å². The molecule has 2 atom stereocenters. The number of fused-ring (bicyclic) bond motifs is 3. The quantitative estimate of drug-likeness (QED) is 0.604. The maximum Gasteiger partial charge on any atom is 0.256 e. The van der Waals surface area contributed by atoms with E-state index in [2.05, 4.69) is 0 Å². The second-order valence-electron chi connectivity index (χ2n) is 7.29. The lowest BCUT2D eigenvalue weighted by Crippen LogP contribution is -2.73. The van der Waals surface area contributed by atoms with Gasteiger partial charge in [-0.1, -0.05) is 72.3 Å². The largest absolute Gasteiger partial charge is 0.491 e. The van der Waals surface area contributed by atoms with E-state index in [1.807, 2.05) is 83.8 Å². The molecule has 0 aliphatic carbocycles. The SMILES string of the molecule is O=C1C(OCc2ccccc2)C2(c3ccccc3)c3cc(Cl)ccc3OCCN12. The molecular weight excluding hydrogens is 386 g/mol. The first-order valence-corrected chi connectivity index (χ1v) is 10.0. The summed E-state index contributed by atoms with van der Waals surface area (Å²) in [6.45, 7) is 1.28. The highest BCUT2D eigenvalue weighted by atomic mass is 35.5. The molecule has 1 amide bonds. The van der Waals surface area contributed by atoms with E-state index < -0.39 is 11.6 Å². The zero-order valence-electron chi connectivity index (χ0n) is 15.8. The van der Waals surface area contributed by atoms with Gasteiger partial charge in [-0.2, -0.15) is 0 Å². The minimum atomic E-state index is -0.760.